The van der Waals surface area contributed by atoms with Gasteiger partial charge in [-0.3, -0.25) is 9.59 Å². The van der Waals surface area contributed by atoms with E-state index in [4.69, 9.17) is 21.1 Å². The number of pyridine rings is 1. The molecule has 2 atom stereocenters. The van der Waals surface area contributed by atoms with Gasteiger partial charge in [0.15, 0.2) is 5.69 Å². The zero-order chi connectivity index (χ0) is 35.1. The van der Waals surface area contributed by atoms with Crippen LogP contribution in [0.2, 0.25) is 0 Å². The minimum Gasteiger partial charge on any atom is -0.507 e. The highest BCUT2D eigenvalue weighted by Gasteiger charge is 2.37. The molecule has 3 aromatic heterocycles. The Labute approximate surface area is 290 Å². The molecule has 0 saturated heterocycles. The third kappa shape index (κ3) is 6.42. The lowest BCUT2D eigenvalue weighted by Crippen LogP contribution is -2.33. The first-order valence-corrected chi connectivity index (χ1v) is 17.0. The summed E-state index contributed by atoms with van der Waals surface area (Å²) in [6.45, 7) is 11.3. The highest BCUT2D eigenvalue weighted by Crippen LogP contribution is 2.48. The molecule has 1 aliphatic heterocycles. The molecule has 12 nitrogen and oxygen atoms in total. The molecule has 49 heavy (non-hydrogen) atoms. The maximum absolute atomic E-state index is 13.9. The van der Waals surface area contributed by atoms with E-state index >= 15 is 0 Å². The second-order valence-corrected chi connectivity index (χ2v) is 13.7. The summed E-state index contributed by atoms with van der Waals surface area (Å²) in [4.78, 5) is 33.3. The Hall–Kier alpha value is -4.68. The minimum atomic E-state index is -0.410. The smallest absolute Gasteiger partial charge is 0.278 e. The third-order valence-electron chi connectivity index (χ3n) is 9.83. The SMILES string of the molecule is CCC(C)(C)OCCC(C)(CC)n1cc(C(=O)Nc2ccc3nc(C(=O)N4C[C@@H](CCl)c5c4cc(O)c4cccc(OC)c54)cn3c2)nn1. The molecular weight excluding hydrogens is 646 g/mol. The van der Waals surface area contributed by atoms with E-state index in [0.29, 0.717) is 41.3 Å². The van der Waals surface area contributed by atoms with Gasteiger partial charge in [0.25, 0.3) is 11.8 Å². The van der Waals surface area contributed by atoms with Crippen LogP contribution in [0.1, 0.15) is 86.3 Å². The number of fused-ring (bicyclic) bond motifs is 4. The van der Waals surface area contributed by atoms with E-state index in [-0.39, 0.29) is 46.0 Å². The third-order valence-corrected chi connectivity index (χ3v) is 10.2. The van der Waals surface area contributed by atoms with Crippen molar-refractivity contribution in [3.63, 3.8) is 0 Å². The summed E-state index contributed by atoms with van der Waals surface area (Å²) in [5.74, 6) is -0.00308. The minimum absolute atomic E-state index is 0.0421. The molecule has 1 unspecified atom stereocenters. The summed E-state index contributed by atoms with van der Waals surface area (Å²) in [6.07, 6.45) is 7.38. The summed E-state index contributed by atoms with van der Waals surface area (Å²) in [5.41, 5.74) is 2.26. The second kappa shape index (κ2) is 13.3. The van der Waals surface area contributed by atoms with E-state index in [0.717, 1.165) is 30.2 Å². The first-order valence-electron chi connectivity index (χ1n) is 16.5. The van der Waals surface area contributed by atoms with Gasteiger partial charge < -0.3 is 29.2 Å². The number of nitrogens with one attached hydrogen (secondary N) is 1. The van der Waals surface area contributed by atoms with Crippen LogP contribution in [0.25, 0.3) is 16.4 Å². The standard InChI is InChI=1S/C36H42ClN7O5/c1-7-35(3,4)49-15-14-36(5,8-2)44-21-25(40-41-44)33(46)38-23-12-13-30-39-26(20-42(30)19-23)34(47)43-18-22(17-37)31-27(43)16-28(45)24-10-9-11-29(48-6)32(24)31/h9-13,16,19-22,45H,7-8,14-15,17-18H2,1-6H3,(H,38,46)/t22-,36?/m1/s1. The molecule has 0 spiro atoms. The molecule has 6 rings (SSSR count). The highest BCUT2D eigenvalue weighted by molar-refractivity contribution is 6.19. The quantitative estimate of drug-likeness (QED) is 0.138. The number of carbonyl (C=O) groups excluding carboxylic acids is 2. The van der Waals surface area contributed by atoms with E-state index in [9.17, 15) is 14.7 Å². The van der Waals surface area contributed by atoms with Crippen LogP contribution >= 0.6 is 11.6 Å². The number of aromatic nitrogens is 5. The topological polar surface area (TPSA) is 136 Å². The largest absolute Gasteiger partial charge is 0.507 e. The van der Waals surface area contributed by atoms with Crippen LogP contribution in [0.4, 0.5) is 11.4 Å². The number of aromatic hydroxyl groups is 1. The maximum Gasteiger partial charge on any atom is 0.278 e. The van der Waals surface area contributed by atoms with Crippen LogP contribution in [0.15, 0.2) is 55.0 Å². The van der Waals surface area contributed by atoms with Crippen molar-refractivity contribution in [2.75, 3.05) is 36.4 Å². The maximum atomic E-state index is 13.9. The number of halogens is 1. The van der Waals surface area contributed by atoms with Crippen LogP contribution in [0.5, 0.6) is 11.5 Å². The van der Waals surface area contributed by atoms with Crippen LogP contribution < -0.4 is 15.0 Å². The van der Waals surface area contributed by atoms with Gasteiger partial charge >= 0.3 is 0 Å². The number of phenolic OH excluding ortho intramolecular Hbond substituents is 1. The number of hydrogen-bond donors (Lipinski definition) is 2. The molecule has 2 N–H and O–H groups in total. The van der Waals surface area contributed by atoms with Gasteiger partial charge in [0.1, 0.15) is 22.8 Å². The molecule has 258 valence electrons. The van der Waals surface area contributed by atoms with Crippen molar-refractivity contribution in [3.8, 4) is 11.5 Å². The lowest BCUT2D eigenvalue weighted by Gasteiger charge is -2.31. The van der Waals surface area contributed by atoms with Crippen molar-refractivity contribution in [1.82, 2.24) is 24.4 Å². The molecule has 4 heterocycles. The Bertz CT molecular complexity index is 2040. The average Bonchev–Trinajstić information content (AvgIpc) is 3.85. The molecule has 5 aromatic rings. The number of methoxy groups -OCH3 is 1. The van der Waals surface area contributed by atoms with Gasteiger partial charge in [0.2, 0.25) is 0 Å². The lowest BCUT2D eigenvalue weighted by molar-refractivity contribution is -0.0327. The summed E-state index contributed by atoms with van der Waals surface area (Å²) in [7, 11) is 1.57. The summed E-state index contributed by atoms with van der Waals surface area (Å²) >= 11 is 6.42. The number of anilines is 2. The van der Waals surface area contributed by atoms with E-state index in [1.165, 1.54) is 0 Å². The number of hydrogen-bond acceptors (Lipinski definition) is 8. The number of ether oxygens (including phenoxy) is 2. The molecule has 2 aromatic carbocycles. The summed E-state index contributed by atoms with van der Waals surface area (Å²) in [6, 6.07) is 10.5. The molecule has 0 aliphatic carbocycles. The van der Waals surface area contributed by atoms with E-state index in [1.807, 2.05) is 18.2 Å². The predicted molar refractivity (Wildman–Crippen MR) is 189 cm³/mol. The van der Waals surface area contributed by atoms with Crippen molar-refractivity contribution in [2.45, 2.75) is 70.9 Å². The van der Waals surface area contributed by atoms with E-state index in [2.05, 4.69) is 55.2 Å². The van der Waals surface area contributed by atoms with Crippen LogP contribution in [-0.2, 0) is 10.3 Å². The molecule has 0 bridgehead atoms. The number of amides is 2. The second-order valence-electron chi connectivity index (χ2n) is 13.4. The van der Waals surface area contributed by atoms with Gasteiger partial charge in [0, 0.05) is 54.2 Å². The van der Waals surface area contributed by atoms with Crippen molar-refractivity contribution >= 4 is 51.2 Å². The highest BCUT2D eigenvalue weighted by atomic mass is 35.5. The van der Waals surface area contributed by atoms with Crippen molar-refractivity contribution in [2.24, 2.45) is 0 Å². The first kappa shape index (κ1) is 34.2. The van der Waals surface area contributed by atoms with Crippen LogP contribution in [-0.4, -0.2) is 73.0 Å². The number of rotatable bonds is 12. The van der Waals surface area contributed by atoms with Crippen LogP contribution in [0.3, 0.4) is 0 Å². The molecular formula is C36H42ClN7O5. The van der Waals surface area contributed by atoms with Gasteiger partial charge in [-0.1, -0.05) is 31.2 Å². The Morgan fingerprint density at radius 1 is 1.08 bits per heavy atom. The fourth-order valence-corrected chi connectivity index (χ4v) is 6.46. The molecule has 0 radical (unpaired) electrons. The first-order chi connectivity index (χ1) is 23.4. The number of alkyl halides is 1. The summed E-state index contributed by atoms with van der Waals surface area (Å²) in [5, 5.41) is 23.6. The van der Waals surface area contributed by atoms with Gasteiger partial charge in [-0.15, -0.1) is 16.7 Å². The normalized spacial score (nSPS) is 15.8. The van der Waals surface area contributed by atoms with Crippen molar-refractivity contribution < 1.29 is 24.2 Å². The summed E-state index contributed by atoms with van der Waals surface area (Å²) < 4.78 is 15.1. The molecule has 0 saturated carbocycles. The van der Waals surface area contributed by atoms with Gasteiger partial charge in [-0.05, 0) is 63.8 Å². The lowest BCUT2D eigenvalue weighted by atomic mass is 9.94. The Kier molecular flexibility index (Phi) is 9.29. The van der Waals surface area contributed by atoms with Gasteiger partial charge in [-0.2, -0.15) is 0 Å². The number of phenols is 1. The Balaban J connectivity index is 1.20. The van der Waals surface area contributed by atoms with Crippen molar-refractivity contribution in [3.05, 3.63) is 71.9 Å². The van der Waals surface area contributed by atoms with Crippen LogP contribution in [0, 0.1) is 0 Å². The number of nitrogens with zero attached hydrogens (tertiary/aromatic N) is 6. The number of benzene rings is 2. The fourth-order valence-electron chi connectivity index (χ4n) is 6.21. The molecule has 1 aliphatic rings. The molecule has 13 heteroatoms. The molecule has 0 fully saturated rings. The number of imidazole rings is 1. The number of carbonyl (C=O) groups is 2. The average molecular weight is 688 g/mol. The zero-order valence-electron chi connectivity index (χ0n) is 28.7. The van der Waals surface area contributed by atoms with Gasteiger partial charge in [0.05, 0.1) is 35.8 Å². The fraction of sp³-hybridized carbons (Fsp3) is 0.417. The Morgan fingerprint density at radius 2 is 1.88 bits per heavy atom. The predicted octanol–water partition coefficient (Wildman–Crippen LogP) is 6.75. The monoisotopic (exact) mass is 687 g/mol. The van der Waals surface area contributed by atoms with E-state index in [1.54, 1.807) is 57.9 Å². The van der Waals surface area contributed by atoms with E-state index < -0.39 is 5.91 Å². The zero-order valence-corrected chi connectivity index (χ0v) is 29.4. The Morgan fingerprint density at radius 3 is 2.59 bits per heavy atom. The van der Waals surface area contributed by atoms with Crippen molar-refractivity contribution in [1.29, 1.82) is 0 Å². The van der Waals surface area contributed by atoms with Gasteiger partial charge in [-0.25, -0.2) is 9.67 Å². The molecule has 2 amide bonds.